The number of ketones is 1. The van der Waals surface area contributed by atoms with Gasteiger partial charge in [0.25, 0.3) is 0 Å². The van der Waals surface area contributed by atoms with Crippen LogP contribution in [0.15, 0.2) is 24.8 Å². The van der Waals surface area contributed by atoms with Crippen LogP contribution in [0.4, 0.5) is 9.18 Å². The van der Waals surface area contributed by atoms with Crippen molar-refractivity contribution in [3.8, 4) is 0 Å². The highest BCUT2D eigenvalue weighted by Crippen LogP contribution is 2.68. The molecule has 8 atom stereocenters. The number of hydrogen-bond donors (Lipinski definition) is 3. The SMILES string of the molecule is C=C[C@]1(C)C[C@@H](OC(=O)NCc2ccc3c(c2F)B(O)OC3)[C@]2(C)[C@H](C)CC[C@]3(CCC(=O)[C@H]32)[C@@H](C)[C@@H]1O. The van der Waals surface area contributed by atoms with Crippen molar-refractivity contribution in [1.82, 2.24) is 5.32 Å². The summed E-state index contributed by atoms with van der Waals surface area (Å²) in [7, 11) is -1.32. The predicted molar refractivity (Wildman–Crippen MR) is 141 cm³/mol. The van der Waals surface area contributed by atoms with Crippen molar-refractivity contribution in [2.45, 2.75) is 85.2 Å². The second-order valence-corrected chi connectivity index (χ2v) is 12.6. The molecule has 3 saturated carbocycles. The van der Waals surface area contributed by atoms with Gasteiger partial charge in [-0.3, -0.25) is 4.79 Å². The minimum Gasteiger partial charge on any atom is -0.446 e. The van der Waals surface area contributed by atoms with Crippen molar-refractivity contribution in [2.75, 3.05) is 0 Å². The number of benzene rings is 1. The molecule has 0 spiro atoms. The molecule has 1 aromatic rings. The van der Waals surface area contributed by atoms with Crippen LogP contribution in [0.25, 0.3) is 0 Å². The zero-order valence-electron chi connectivity index (χ0n) is 22.8. The standard InChI is InChI=1S/C29H39BFNO6/c1-6-27(4)13-21(38-26(35)32-14-18-7-8-19-15-37-30(36)22(19)23(18)31)28(5)16(2)9-11-29(17(3)25(27)34)12-10-20(33)24(28)29/h6-8,16-17,21,24-25,34,36H,1,9-15H2,2-5H3,(H,32,35)/t16-,17+,21-,24+,25+,27-,28+,29+/m1/s1. The Hall–Kier alpha value is -2.23. The Morgan fingerprint density at radius 1 is 1.34 bits per heavy atom. The summed E-state index contributed by atoms with van der Waals surface area (Å²) in [6.07, 6.45) is 2.92. The van der Waals surface area contributed by atoms with Crippen LogP contribution in [-0.2, 0) is 27.3 Å². The van der Waals surface area contributed by atoms with E-state index in [-0.39, 0.29) is 53.1 Å². The lowest BCUT2D eigenvalue weighted by atomic mass is 9.44. The summed E-state index contributed by atoms with van der Waals surface area (Å²) in [4.78, 5) is 26.7. The van der Waals surface area contributed by atoms with E-state index in [0.29, 0.717) is 18.4 Å². The van der Waals surface area contributed by atoms with Gasteiger partial charge in [-0.2, -0.15) is 0 Å². The highest BCUT2D eigenvalue weighted by Gasteiger charge is 2.68. The number of carbonyl (C=O) groups is 2. The number of Topliss-reactive ketones (excluding diaryl/α,β-unsaturated/α-hetero) is 1. The number of rotatable bonds is 4. The Morgan fingerprint density at radius 3 is 2.79 bits per heavy atom. The maximum atomic E-state index is 15.0. The number of carbonyl (C=O) groups excluding carboxylic acids is 2. The summed E-state index contributed by atoms with van der Waals surface area (Å²) in [5.74, 6) is -0.718. The molecule has 1 aromatic carbocycles. The van der Waals surface area contributed by atoms with E-state index in [2.05, 4.69) is 32.7 Å². The van der Waals surface area contributed by atoms with E-state index in [1.54, 1.807) is 18.2 Å². The fourth-order valence-electron chi connectivity index (χ4n) is 8.30. The molecule has 3 N–H and O–H groups in total. The molecule has 4 aliphatic rings. The summed E-state index contributed by atoms with van der Waals surface area (Å²) in [5.41, 5.74) is -0.808. The first-order chi connectivity index (χ1) is 17.9. The fraction of sp³-hybridized carbons (Fsp3) is 0.655. The molecule has 1 aliphatic heterocycles. The van der Waals surface area contributed by atoms with E-state index in [4.69, 9.17) is 9.39 Å². The smallest absolute Gasteiger partial charge is 0.446 e. The minimum atomic E-state index is -1.32. The van der Waals surface area contributed by atoms with Gasteiger partial charge in [-0.05, 0) is 48.5 Å². The van der Waals surface area contributed by atoms with E-state index < -0.39 is 42.1 Å². The number of nitrogens with one attached hydrogen (secondary N) is 1. The van der Waals surface area contributed by atoms with Crippen molar-refractivity contribution < 1.29 is 33.5 Å². The number of fused-ring (bicyclic) bond motifs is 1. The quantitative estimate of drug-likeness (QED) is 0.408. The number of amides is 1. The molecule has 0 aromatic heterocycles. The van der Waals surface area contributed by atoms with E-state index in [0.717, 1.165) is 19.3 Å². The molecule has 3 fully saturated rings. The molecule has 0 radical (unpaired) electrons. The van der Waals surface area contributed by atoms with Gasteiger partial charge in [-0.1, -0.05) is 45.9 Å². The molecule has 5 rings (SSSR count). The third kappa shape index (κ3) is 3.87. The zero-order chi connectivity index (χ0) is 27.6. The Morgan fingerprint density at radius 2 is 2.08 bits per heavy atom. The predicted octanol–water partition coefficient (Wildman–Crippen LogP) is 3.63. The molecular weight excluding hydrogens is 488 g/mol. The maximum Gasteiger partial charge on any atom is 0.494 e. The minimum absolute atomic E-state index is 0.0992. The molecule has 206 valence electrons. The van der Waals surface area contributed by atoms with Gasteiger partial charge in [-0.25, -0.2) is 9.18 Å². The maximum absolute atomic E-state index is 15.0. The number of aliphatic hydroxyl groups is 1. The fourth-order valence-corrected chi connectivity index (χ4v) is 8.30. The summed E-state index contributed by atoms with van der Waals surface area (Å²) in [6, 6.07) is 3.24. The second-order valence-electron chi connectivity index (χ2n) is 12.6. The van der Waals surface area contributed by atoms with Crippen molar-refractivity contribution in [3.63, 3.8) is 0 Å². The van der Waals surface area contributed by atoms with Crippen molar-refractivity contribution >= 4 is 24.5 Å². The molecule has 2 bridgehead atoms. The van der Waals surface area contributed by atoms with Crippen LogP contribution in [0.3, 0.4) is 0 Å². The van der Waals surface area contributed by atoms with Crippen LogP contribution in [0.2, 0.25) is 0 Å². The number of halogens is 1. The van der Waals surface area contributed by atoms with Crippen LogP contribution in [-0.4, -0.2) is 41.3 Å². The molecule has 0 unspecified atom stereocenters. The Labute approximate surface area is 224 Å². The van der Waals surface area contributed by atoms with E-state index in [9.17, 15) is 19.7 Å². The lowest BCUT2D eigenvalue weighted by Gasteiger charge is -2.61. The van der Waals surface area contributed by atoms with Crippen molar-refractivity contribution in [2.24, 2.45) is 34.0 Å². The van der Waals surface area contributed by atoms with Gasteiger partial charge in [0.1, 0.15) is 17.7 Å². The molecule has 0 saturated heterocycles. The van der Waals surface area contributed by atoms with Crippen LogP contribution in [0.5, 0.6) is 0 Å². The molecule has 38 heavy (non-hydrogen) atoms. The summed E-state index contributed by atoms with van der Waals surface area (Å²) in [5, 5.41) is 24.2. The lowest BCUT2D eigenvalue weighted by Crippen LogP contribution is -2.63. The van der Waals surface area contributed by atoms with Gasteiger partial charge >= 0.3 is 13.2 Å². The van der Waals surface area contributed by atoms with E-state index >= 15 is 4.39 Å². The first-order valence-electron chi connectivity index (χ1n) is 13.8. The van der Waals surface area contributed by atoms with Crippen LogP contribution in [0, 0.1) is 39.8 Å². The Bertz CT molecular complexity index is 1160. The third-order valence-corrected chi connectivity index (χ3v) is 11.0. The monoisotopic (exact) mass is 527 g/mol. The topological polar surface area (TPSA) is 105 Å². The van der Waals surface area contributed by atoms with Gasteiger partial charge in [0.15, 0.2) is 0 Å². The molecule has 1 amide bonds. The molecule has 7 nitrogen and oxygen atoms in total. The summed E-state index contributed by atoms with van der Waals surface area (Å²) in [6.45, 7) is 12.2. The van der Waals surface area contributed by atoms with Crippen molar-refractivity contribution in [1.29, 1.82) is 0 Å². The number of ether oxygens (including phenoxy) is 1. The molecule has 9 heteroatoms. The van der Waals surface area contributed by atoms with Gasteiger partial charge < -0.3 is 24.8 Å². The van der Waals surface area contributed by atoms with Gasteiger partial charge in [0, 0.05) is 40.7 Å². The average Bonchev–Trinajstić information content (AvgIpc) is 3.45. The lowest BCUT2D eigenvalue weighted by molar-refractivity contribution is -0.191. The zero-order valence-corrected chi connectivity index (χ0v) is 22.8. The van der Waals surface area contributed by atoms with Gasteiger partial charge in [0.2, 0.25) is 0 Å². The molecule has 1 heterocycles. The average molecular weight is 527 g/mol. The second kappa shape index (κ2) is 9.45. The molecular formula is C29H39BFNO6. The normalized spacial score (nSPS) is 40.1. The van der Waals surface area contributed by atoms with Gasteiger partial charge in [0.05, 0.1) is 12.7 Å². The van der Waals surface area contributed by atoms with Crippen LogP contribution >= 0.6 is 0 Å². The number of aliphatic hydroxyl groups excluding tert-OH is 1. The Kier molecular flexibility index (Phi) is 6.80. The highest BCUT2D eigenvalue weighted by molar-refractivity contribution is 6.61. The molecule has 3 aliphatic carbocycles. The number of hydrogen-bond acceptors (Lipinski definition) is 6. The van der Waals surface area contributed by atoms with Crippen LogP contribution < -0.4 is 10.8 Å². The summed E-state index contributed by atoms with van der Waals surface area (Å²) >= 11 is 0. The third-order valence-electron chi connectivity index (χ3n) is 11.0. The largest absolute Gasteiger partial charge is 0.494 e. The van der Waals surface area contributed by atoms with Crippen LogP contribution in [0.1, 0.15) is 70.9 Å². The first-order valence-corrected chi connectivity index (χ1v) is 13.8. The first kappa shape index (κ1) is 27.3. The van der Waals surface area contributed by atoms with E-state index in [1.165, 1.54) is 0 Å². The summed E-state index contributed by atoms with van der Waals surface area (Å²) < 4.78 is 26.3. The van der Waals surface area contributed by atoms with E-state index in [1.807, 2.05) is 6.92 Å². The highest BCUT2D eigenvalue weighted by atomic mass is 19.1. The Balaban J connectivity index is 1.44. The van der Waals surface area contributed by atoms with Gasteiger partial charge in [-0.15, -0.1) is 6.58 Å². The number of alkyl carbamates (subject to hydrolysis) is 1. The van der Waals surface area contributed by atoms with Crippen molar-refractivity contribution in [3.05, 3.63) is 41.7 Å².